The summed E-state index contributed by atoms with van der Waals surface area (Å²) in [6.07, 6.45) is 3.44. The average molecular weight is 361 g/mol. The van der Waals surface area contributed by atoms with E-state index in [0.717, 1.165) is 32.1 Å². The summed E-state index contributed by atoms with van der Waals surface area (Å²) in [5, 5.41) is 0. The fourth-order valence-corrected chi connectivity index (χ4v) is 3.48. The summed E-state index contributed by atoms with van der Waals surface area (Å²) in [5.41, 5.74) is 5.46. The molecule has 0 aliphatic rings. The molecule has 0 N–H and O–H groups in total. The van der Waals surface area contributed by atoms with Gasteiger partial charge in [0.15, 0.2) is 0 Å². The molecule has 142 valence electrons. The standard InChI is InChI=1S/C25H32N2/c1-21(2)14-16-26(18-23-10-5-4-6-11-23)20-25-13-8-15-27(25)19-24-12-7-9-22(3)17-24/h4-13,15,17,21H,14,16,18-20H2,1-3H3. The fourth-order valence-electron chi connectivity index (χ4n) is 3.48. The van der Waals surface area contributed by atoms with Gasteiger partial charge in [-0.2, -0.15) is 0 Å². The highest BCUT2D eigenvalue weighted by Crippen LogP contribution is 2.15. The van der Waals surface area contributed by atoms with Crippen LogP contribution in [0.25, 0.3) is 0 Å². The molecular weight excluding hydrogens is 328 g/mol. The predicted octanol–water partition coefficient (Wildman–Crippen LogP) is 5.89. The van der Waals surface area contributed by atoms with E-state index in [1.54, 1.807) is 0 Å². The second-order valence-electron chi connectivity index (χ2n) is 8.00. The number of rotatable bonds is 9. The van der Waals surface area contributed by atoms with Gasteiger partial charge in [-0.25, -0.2) is 0 Å². The Morgan fingerprint density at radius 1 is 0.852 bits per heavy atom. The maximum Gasteiger partial charge on any atom is 0.0473 e. The number of nitrogens with zero attached hydrogens (tertiary/aromatic N) is 2. The molecule has 0 saturated carbocycles. The summed E-state index contributed by atoms with van der Waals surface area (Å²) in [6.45, 7) is 10.8. The van der Waals surface area contributed by atoms with Crippen LogP contribution in [0.1, 0.15) is 42.7 Å². The second kappa shape index (κ2) is 9.57. The fraction of sp³-hybridized carbons (Fsp3) is 0.360. The number of aromatic nitrogens is 1. The van der Waals surface area contributed by atoms with E-state index in [1.165, 1.54) is 28.8 Å². The third-order valence-corrected chi connectivity index (χ3v) is 5.02. The number of hydrogen-bond acceptors (Lipinski definition) is 1. The second-order valence-corrected chi connectivity index (χ2v) is 8.00. The van der Waals surface area contributed by atoms with E-state index in [9.17, 15) is 0 Å². The van der Waals surface area contributed by atoms with E-state index in [1.807, 2.05) is 0 Å². The Labute approximate surface area is 164 Å². The molecule has 1 heterocycles. The van der Waals surface area contributed by atoms with Crippen LogP contribution < -0.4 is 0 Å². The molecular formula is C25H32N2. The SMILES string of the molecule is Cc1cccc(Cn2cccc2CN(CCC(C)C)Cc2ccccc2)c1. The van der Waals surface area contributed by atoms with Crippen LogP contribution in [0.2, 0.25) is 0 Å². The van der Waals surface area contributed by atoms with Gasteiger partial charge in [-0.1, -0.05) is 74.0 Å². The molecule has 0 atom stereocenters. The Morgan fingerprint density at radius 3 is 2.37 bits per heavy atom. The molecule has 2 aromatic carbocycles. The highest BCUT2D eigenvalue weighted by atomic mass is 15.1. The molecule has 0 aliphatic heterocycles. The van der Waals surface area contributed by atoms with Crippen LogP contribution in [0.4, 0.5) is 0 Å². The van der Waals surface area contributed by atoms with E-state index in [4.69, 9.17) is 0 Å². The van der Waals surface area contributed by atoms with E-state index < -0.39 is 0 Å². The molecule has 3 aromatic rings. The summed E-state index contributed by atoms with van der Waals surface area (Å²) >= 11 is 0. The van der Waals surface area contributed by atoms with Crippen molar-refractivity contribution in [1.29, 1.82) is 0 Å². The van der Waals surface area contributed by atoms with Crippen LogP contribution in [0.5, 0.6) is 0 Å². The topological polar surface area (TPSA) is 8.17 Å². The quantitative estimate of drug-likeness (QED) is 0.462. The average Bonchev–Trinajstić information content (AvgIpc) is 3.07. The van der Waals surface area contributed by atoms with Gasteiger partial charge in [0.05, 0.1) is 0 Å². The lowest BCUT2D eigenvalue weighted by molar-refractivity contribution is 0.235. The Hall–Kier alpha value is -2.32. The molecule has 0 radical (unpaired) electrons. The highest BCUT2D eigenvalue weighted by molar-refractivity contribution is 5.23. The molecule has 0 aliphatic carbocycles. The summed E-state index contributed by atoms with van der Waals surface area (Å²) in [5.74, 6) is 0.724. The molecule has 0 spiro atoms. The van der Waals surface area contributed by atoms with Crippen molar-refractivity contribution in [2.24, 2.45) is 5.92 Å². The lowest BCUT2D eigenvalue weighted by Crippen LogP contribution is -2.26. The van der Waals surface area contributed by atoms with E-state index in [-0.39, 0.29) is 0 Å². The van der Waals surface area contributed by atoms with Crippen LogP contribution in [0.15, 0.2) is 72.9 Å². The van der Waals surface area contributed by atoms with E-state index in [2.05, 4.69) is 103 Å². The normalized spacial score (nSPS) is 11.4. The first-order valence-corrected chi connectivity index (χ1v) is 10.1. The van der Waals surface area contributed by atoms with E-state index in [0.29, 0.717) is 0 Å². The minimum absolute atomic E-state index is 0.724. The molecule has 0 unspecified atom stereocenters. The molecule has 0 saturated heterocycles. The first kappa shape index (κ1) is 19.4. The minimum Gasteiger partial charge on any atom is -0.346 e. The zero-order valence-electron chi connectivity index (χ0n) is 16.9. The lowest BCUT2D eigenvalue weighted by atomic mass is 10.1. The molecule has 1 aromatic heterocycles. The monoisotopic (exact) mass is 360 g/mol. The van der Waals surface area contributed by atoms with Gasteiger partial charge in [-0.3, -0.25) is 4.90 Å². The van der Waals surface area contributed by atoms with Crippen molar-refractivity contribution >= 4 is 0 Å². The first-order valence-electron chi connectivity index (χ1n) is 10.1. The van der Waals surface area contributed by atoms with Crippen molar-refractivity contribution < 1.29 is 0 Å². The number of hydrogen-bond donors (Lipinski definition) is 0. The summed E-state index contributed by atoms with van der Waals surface area (Å²) in [4.78, 5) is 2.58. The van der Waals surface area contributed by atoms with Gasteiger partial charge in [0.1, 0.15) is 0 Å². The molecule has 0 fully saturated rings. The Bertz CT molecular complexity index is 817. The predicted molar refractivity (Wildman–Crippen MR) is 115 cm³/mol. The third kappa shape index (κ3) is 6.11. The zero-order chi connectivity index (χ0) is 19.1. The maximum absolute atomic E-state index is 2.58. The summed E-state index contributed by atoms with van der Waals surface area (Å²) < 4.78 is 2.39. The third-order valence-electron chi connectivity index (χ3n) is 5.02. The van der Waals surface area contributed by atoms with Crippen LogP contribution in [-0.4, -0.2) is 16.0 Å². The molecule has 0 bridgehead atoms. The van der Waals surface area contributed by atoms with Crippen molar-refractivity contribution in [1.82, 2.24) is 9.47 Å². The van der Waals surface area contributed by atoms with Crippen LogP contribution in [-0.2, 0) is 19.6 Å². The van der Waals surface area contributed by atoms with Crippen molar-refractivity contribution in [2.45, 2.75) is 46.8 Å². The smallest absolute Gasteiger partial charge is 0.0473 e. The number of aryl methyl sites for hydroxylation is 1. The van der Waals surface area contributed by atoms with Crippen LogP contribution >= 0.6 is 0 Å². The van der Waals surface area contributed by atoms with Crippen molar-refractivity contribution in [3.8, 4) is 0 Å². The van der Waals surface area contributed by atoms with Gasteiger partial charge in [0.2, 0.25) is 0 Å². The van der Waals surface area contributed by atoms with Gasteiger partial charge in [0.25, 0.3) is 0 Å². The molecule has 27 heavy (non-hydrogen) atoms. The van der Waals surface area contributed by atoms with E-state index >= 15 is 0 Å². The van der Waals surface area contributed by atoms with Crippen LogP contribution in [0.3, 0.4) is 0 Å². The van der Waals surface area contributed by atoms with Crippen molar-refractivity contribution in [3.63, 3.8) is 0 Å². The summed E-state index contributed by atoms with van der Waals surface area (Å²) in [7, 11) is 0. The lowest BCUT2D eigenvalue weighted by Gasteiger charge is -2.24. The Balaban J connectivity index is 1.72. The number of benzene rings is 2. The molecule has 2 heteroatoms. The zero-order valence-corrected chi connectivity index (χ0v) is 16.9. The van der Waals surface area contributed by atoms with Crippen molar-refractivity contribution in [2.75, 3.05) is 6.54 Å². The minimum atomic E-state index is 0.724. The maximum atomic E-state index is 2.58. The Kier molecular flexibility index (Phi) is 6.89. The van der Waals surface area contributed by atoms with Gasteiger partial charge in [0, 0.05) is 31.5 Å². The molecule has 2 nitrogen and oxygen atoms in total. The Morgan fingerprint density at radius 2 is 1.63 bits per heavy atom. The van der Waals surface area contributed by atoms with Gasteiger partial charge >= 0.3 is 0 Å². The molecule has 0 amide bonds. The van der Waals surface area contributed by atoms with Crippen LogP contribution in [0, 0.1) is 12.8 Å². The first-order chi connectivity index (χ1) is 13.1. The largest absolute Gasteiger partial charge is 0.346 e. The van der Waals surface area contributed by atoms with Gasteiger partial charge < -0.3 is 4.57 Å². The van der Waals surface area contributed by atoms with Gasteiger partial charge in [-0.15, -0.1) is 0 Å². The van der Waals surface area contributed by atoms with Crippen molar-refractivity contribution in [3.05, 3.63) is 95.3 Å². The van der Waals surface area contributed by atoms with Gasteiger partial charge in [-0.05, 0) is 49.1 Å². The highest BCUT2D eigenvalue weighted by Gasteiger charge is 2.11. The molecule has 3 rings (SSSR count). The summed E-state index contributed by atoms with van der Waals surface area (Å²) in [6, 6.07) is 24.1.